The van der Waals surface area contributed by atoms with Crippen LogP contribution in [-0.4, -0.2) is 43.2 Å². The molecular formula is C19H25N3O3. The molecule has 6 nitrogen and oxygen atoms in total. The second-order valence-electron chi connectivity index (χ2n) is 6.56. The second-order valence-corrected chi connectivity index (χ2v) is 6.56. The van der Waals surface area contributed by atoms with Gasteiger partial charge in [0.1, 0.15) is 6.61 Å². The van der Waals surface area contributed by atoms with Gasteiger partial charge in [-0.15, -0.1) is 0 Å². The maximum Gasteiger partial charge on any atom is 0.273 e. The summed E-state index contributed by atoms with van der Waals surface area (Å²) < 4.78 is 10.1. The van der Waals surface area contributed by atoms with Crippen molar-refractivity contribution in [2.45, 2.75) is 25.5 Å². The first-order chi connectivity index (χ1) is 12.2. The number of aromatic nitrogens is 1. The molecule has 1 fully saturated rings. The lowest BCUT2D eigenvalue weighted by molar-refractivity contribution is 0.0882. The van der Waals surface area contributed by atoms with Gasteiger partial charge < -0.3 is 14.6 Å². The van der Waals surface area contributed by atoms with Crippen LogP contribution >= 0.6 is 0 Å². The molecule has 1 amide bonds. The minimum absolute atomic E-state index is 0.203. The number of piperidine rings is 1. The Morgan fingerprint density at radius 1 is 1.40 bits per heavy atom. The molecule has 1 N–H and O–H groups in total. The fourth-order valence-electron chi connectivity index (χ4n) is 3.59. The van der Waals surface area contributed by atoms with E-state index in [1.165, 1.54) is 5.56 Å². The van der Waals surface area contributed by atoms with Gasteiger partial charge in [-0.2, -0.15) is 0 Å². The third kappa shape index (κ3) is 4.27. The summed E-state index contributed by atoms with van der Waals surface area (Å²) in [4.78, 5) is 14.7. The van der Waals surface area contributed by atoms with Crippen LogP contribution in [0.3, 0.4) is 0 Å². The van der Waals surface area contributed by atoms with Crippen molar-refractivity contribution in [2.24, 2.45) is 5.92 Å². The molecule has 2 aromatic rings. The Morgan fingerprint density at radius 3 is 2.96 bits per heavy atom. The SMILES string of the molecule is COCc1cc(C(=O)NC[C@H]2CCCN(C)[C@H]2c2ccccc2)no1. The summed E-state index contributed by atoms with van der Waals surface area (Å²) in [6.45, 7) is 2.01. The van der Waals surface area contributed by atoms with E-state index in [-0.39, 0.29) is 5.91 Å². The number of nitrogens with zero attached hydrogens (tertiary/aromatic N) is 2. The second kappa shape index (κ2) is 8.27. The maximum atomic E-state index is 12.3. The van der Waals surface area contributed by atoms with Gasteiger partial charge >= 0.3 is 0 Å². The zero-order chi connectivity index (χ0) is 17.6. The van der Waals surface area contributed by atoms with Gasteiger partial charge in [0.05, 0.1) is 0 Å². The molecular weight excluding hydrogens is 318 g/mol. The normalized spacial score (nSPS) is 21.2. The number of carbonyl (C=O) groups is 1. The molecule has 1 aliphatic heterocycles. The van der Waals surface area contributed by atoms with Gasteiger partial charge in [-0.05, 0) is 37.9 Å². The molecule has 2 heterocycles. The monoisotopic (exact) mass is 343 g/mol. The lowest BCUT2D eigenvalue weighted by Gasteiger charge is -2.39. The summed E-state index contributed by atoms with van der Waals surface area (Å²) in [6, 6.07) is 12.4. The van der Waals surface area contributed by atoms with Crippen LogP contribution in [0.1, 0.15) is 40.7 Å². The minimum Gasteiger partial charge on any atom is -0.377 e. The number of benzene rings is 1. The Labute approximate surface area is 148 Å². The highest BCUT2D eigenvalue weighted by atomic mass is 16.5. The number of methoxy groups -OCH3 is 1. The van der Waals surface area contributed by atoms with Crippen molar-refractivity contribution in [3.8, 4) is 0 Å². The molecule has 0 spiro atoms. The molecule has 0 saturated carbocycles. The number of rotatable bonds is 6. The number of hydrogen-bond donors (Lipinski definition) is 1. The Kier molecular flexibility index (Phi) is 5.83. The van der Waals surface area contributed by atoms with Crippen LogP contribution in [-0.2, 0) is 11.3 Å². The molecule has 6 heteroatoms. The number of hydrogen-bond acceptors (Lipinski definition) is 5. The van der Waals surface area contributed by atoms with Gasteiger partial charge in [-0.25, -0.2) is 0 Å². The van der Waals surface area contributed by atoms with E-state index < -0.39 is 0 Å². The van der Waals surface area contributed by atoms with E-state index in [1.54, 1.807) is 13.2 Å². The topological polar surface area (TPSA) is 67.6 Å². The third-order valence-corrected chi connectivity index (χ3v) is 4.75. The van der Waals surface area contributed by atoms with E-state index >= 15 is 0 Å². The molecule has 1 aromatic heterocycles. The Bertz CT molecular complexity index is 686. The summed E-state index contributed by atoms with van der Waals surface area (Å²) >= 11 is 0. The van der Waals surface area contributed by atoms with Crippen molar-refractivity contribution < 1.29 is 14.1 Å². The molecule has 0 radical (unpaired) electrons. The highest BCUT2D eigenvalue weighted by molar-refractivity contribution is 5.92. The van der Waals surface area contributed by atoms with Crippen LogP contribution < -0.4 is 5.32 Å². The van der Waals surface area contributed by atoms with Gasteiger partial charge in [-0.1, -0.05) is 35.5 Å². The van der Waals surface area contributed by atoms with Crippen LogP contribution in [0.15, 0.2) is 40.9 Å². The molecule has 25 heavy (non-hydrogen) atoms. The van der Waals surface area contributed by atoms with Crippen LogP contribution in [0.4, 0.5) is 0 Å². The maximum absolute atomic E-state index is 12.3. The number of likely N-dealkylation sites (tertiary alicyclic amines) is 1. The fourth-order valence-corrected chi connectivity index (χ4v) is 3.59. The van der Waals surface area contributed by atoms with Crippen molar-refractivity contribution in [3.05, 3.63) is 53.4 Å². The first-order valence-electron chi connectivity index (χ1n) is 8.67. The van der Waals surface area contributed by atoms with Crippen LogP contribution in [0, 0.1) is 5.92 Å². The summed E-state index contributed by atoms with van der Waals surface area (Å²) in [5, 5.41) is 6.83. The highest BCUT2D eigenvalue weighted by Crippen LogP contribution is 2.34. The Balaban J connectivity index is 1.64. The summed E-state index contributed by atoms with van der Waals surface area (Å²) in [6.07, 6.45) is 2.24. The van der Waals surface area contributed by atoms with E-state index in [0.717, 1.165) is 19.4 Å². The van der Waals surface area contributed by atoms with Crippen molar-refractivity contribution in [3.63, 3.8) is 0 Å². The molecule has 3 rings (SSSR count). The molecule has 0 unspecified atom stereocenters. The summed E-state index contributed by atoms with van der Waals surface area (Å²) in [5.74, 6) is 0.716. The highest BCUT2D eigenvalue weighted by Gasteiger charge is 2.30. The molecule has 134 valence electrons. The predicted octanol–water partition coefficient (Wildman–Crippen LogP) is 2.63. The van der Waals surface area contributed by atoms with Crippen molar-refractivity contribution in [2.75, 3.05) is 27.2 Å². The minimum atomic E-state index is -0.203. The number of ether oxygens (including phenoxy) is 1. The fraction of sp³-hybridized carbons (Fsp3) is 0.474. The van der Waals surface area contributed by atoms with Crippen LogP contribution in [0.25, 0.3) is 0 Å². The molecule has 2 atom stereocenters. The summed E-state index contributed by atoms with van der Waals surface area (Å²) in [5.41, 5.74) is 1.60. The molecule has 0 aliphatic carbocycles. The zero-order valence-electron chi connectivity index (χ0n) is 14.8. The Morgan fingerprint density at radius 2 is 2.20 bits per heavy atom. The summed E-state index contributed by atoms with van der Waals surface area (Å²) in [7, 11) is 3.73. The third-order valence-electron chi connectivity index (χ3n) is 4.75. The van der Waals surface area contributed by atoms with Crippen molar-refractivity contribution in [1.29, 1.82) is 0 Å². The van der Waals surface area contributed by atoms with Crippen molar-refractivity contribution >= 4 is 5.91 Å². The molecule has 1 saturated heterocycles. The van der Waals surface area contributed by atoms with Gasteiger partial charge in [0.15, 0.2) is 11.5 Å². The van der Waals surface area contributed by atoms with Gasteiger partial charge in [0, 0.05) is 25.8 Å². The smallest absolute Gasteiger partial charge is 0.273 e. The first kappa shape index (κ1) is 17.6. The van der Waals surface area contributed by atoms with Crippen LogP contribution in [0.5, 0.6) is 0 Å². The predicted molar refractivity (Wildman–Crippen MR) is 94.1 cm³/mol. The standard InChI is InChI=1S/C19H25N3O3/c1-22-10-6-9-15(18(22)14-7-4-3-5-8-14)12-20-19(23)17-11-16(13-24-2)25-21-17/h3-5,7-8,11,15,18H,6,9-10,12-13H2,1-2H3,(H,20,23)/t15-,18+/m1/s1. The van der Waals surface area contributed by atoms with Gasteiger partial charge in [0.2, 0.25) is 0 Å². The van der Waals surface area contributed by atoms with Crippen LogP contribution in [0.2, 0.25) is 0 Å². The van der Waals surface area contributed by atoms with Crippen molar-refractivity contribution in [1.82, 2.24) is 15.4 Å². The number of nitrogens with one attached hydrogen (secondary N) is 1. The van der Waals surface area contributed by atoms with E-state index in [1.807, 2.05) is 6.07 Å². The van der Waals surface area contributed by atoms with Gasteiger partial charge in [-0.3, -0.25) is 9.69 Å². The zero-order valence-corrected chi connectivity index (χ0v) is 14.8. The number of amides is 1. The van der Waals surface area contributed by atoms with E-state index in [0.29, 0.717) is 36.6 Å². The Hall–Kier alpha value is -2.18. The quantitative estimate of drug-likeness (QED) is 0.873. The first-order valence-corrected chi connectivity index (χ1v) is 8.67. The average Bonchev–Trinajstić information content (AvgIpc) is 3.09. The van der Waals surface area contributed by atoms with E-state index in [2.05, 4.69) is 46.7 Å². The molecule has 0 bridgehead atoms. The van der Waals surface area contributed by atoms with E-state index in [4.69, 9.17) is 9.26 Å². The molecule has 1 aromatic carbocycles. The number of carbonyl (C=O) groups excluding carboxylic acids is 1. The lowest BCUT2D eigenvalue weighted by Crippen LogP contribution is -2.41. The molecule has 1 aliphatic rings. The van der Waals surface area contributed by atoms with Gasteiger partial charge in [0.25, 0.3) is 5.91 Å². The van der Waals surface area contributed by atoms with E-state index in [9.17, 15) is 4.79 Å². The average molecular weight is 343 g/mol. The lowest BCUT2D eigenvalue weighted by atomic mass is 9.85. The largest absolute Gasteiger partial charge is 0.377 e.